The number of fused-ring (bicyclic) bond motifs is 3. The third kappa shape index (κ3) is 1.97. The third-order valence-electron chi connectivity index (χ3n) is 2.47. The van der Waals surface area contributed by atoms with E-state index in [1.165, 1.54) is 7.11 Å². The molecule has 0 saturated heterocycles. The maximum absolute atomic E-state index is 4.66. The van der Waals surface area contributed by atoms with Crippen molar-refractivity contribution in [2.45, 2.75) is 0 Å². The van der Waals surface area contributed by atoms with Gasteiger partial charge >= 0.3 is 0 Å². The van der Waals surface area contributed by atoms with Gasteiger partial charge in [0.1, 0.15) is 23.8 Å². The molecule has 0 aliphatic rings. The van der Waals surface area contributed by atoms with Gasteiger partial charge in [-0.1, -0.05) is 27.2 Å². The first-order valence-corrected chi connectivity index (χ1v) is 6.80. The molecule has 0 unspecified atom stereocenters. The van der Waals surface area contributed by atoms with Crippen LogP contribution in [0.5, 0.6) is 0 Å². The summed E-state index contributed by atoms with van der Waals surface area (Å²) in [5.41, 5.74) is 1.84. The molecule has 0 aliphatic carbocycles. The van der Waals surface area contributed by atoms with Gasteiger partial charge in [-0.05, 0) is 12.1 Å². The van der Waals surface area contributed by atoms with Gasteiger partial charge in [0.05, 0.1) is 16.4 Å². The molecule has 0 spiro atoms. The van der Waals surface area contributed by atoms with Gasteiger partial charge in [0.25, 0.3) is 0 Å². The van der Waals surface area contributed by atoms with Crippen molar-refractivity contribution >= 4 is 54.6 Å². The Morgan fingerprint density at radius 3 is 3.11 bits per heavy atom. The second-order valence-corrected chi connectivity index (χ2v) is 5.55. The van der Waals surface area contributed by atoms with E-state index in [2.05, 4.69) is 35.9 Å². The minimum Gasteiger partial charge on any atom is -0.399 e. The molecule has 4 nitrogen and oxygen atoms in total. The maximum Gasteiger partial charge on any atom is 0.139 e. The van der Waals surface area contributed by atoms with Crippen molar-refractivity contribution in [3.05, 3.63) is 33.9 Å². The number of halogens is 1. The van der Waals surface area contributed by atoms with Crippen LogP contribution in [0.25, 0.3) is 21.1 Å². The fourth-order valence-electron chi connectivity index (χ4n) is 1.72. The van der Waals surface area contributed by atoms with Gasteiger partial charge in [-0.25, -0.2) is 4.98 Å². The zero-order chi connectivity index (χ0) is 12.5. The number of pyridine rings is 1. The van der Waals surface area contributed by atoms with Crippen molar-refractivity contribution in [3.63, 3.8) is 0 Å². The number of aromatic nitrogens is 2. The second-order valence-electron chi connectivity index (χ2n) is 3.60. The molecule has 0 aliphatic heterocycles. The maximum atomic E-state index is 4.66. The number of hydrogen-bond donors (Lipinski definition) is 0. The summed E-state index contributed by atoms with van der Waals surface area (Å²) in [6, 6.07) is 6.05. The molecule has 90 valence electrons. The van der Waals surface area contributed by atoms with E-state index in [9.17, 15) is 0 Å². The second kappa shape index (κ2) is 4.62. The first kappa shape index (κ1) is 11.6. The van der Waals surface area contributed by atoms with Crippen LogP contribution in [0.4, 0.5) is 0 Å². The van der Waals surface area contributed by atoms with Crippen molar-refractivity contribution in [1.82, 2.24) is 9.97 Å². The molecule has 3 aromatic rings. The summed E-state index contributed by atoms with van der Waals surface area (Å²) < 4.78 is 2.14. The van der Waals surface area contributed by atoms with Crippen LogP contribution in [0, 0.1) is 0 Å². The Morgan fingerprint density at radius 1 is 1.39 bits per heavy atom. The normalized spacial score (nSPS) is 11.7. The lowest BCUT2D eigenvalue weighted by atomic mass is 10.2. The average Bonchev–Trinajstić information content (AvgIpc) is 2.79. The van der Waals surface area contributed by atoms with Gasteiger partial charge in [0, 0.05) is 9.86 Å². The third-order valence-corrected chi connectivity index (χ3v) is 4.00. The van der Waals surface area contributed by atoms with Crippen LogP contribution in [-0.4, -0.2) is 23.3 Å². The van der Waals surface area contributed by atoms with Crippen LogP contribution in [-0.2, 0) is 4.84 Å². The van der Waals surface area contributed by atoms with E-state index in [0.29, 0.717) is 0 Å². The van der Waals surface area contributed by atoms with Crippen LogP contribution in [0.1, 0.15) is 5.01 Å². The van der Waals surface area contributed by atoms with E-state index in [1.54, 1.807) is 23.7 Å². The van der Waals surface area contributed by atoms with Gasteiger partial charge < -0.3 is 4.84 Å². The summed E-state index contributed by atoms with van der Waals surface area (Å²) >= 11 is 5.02. The van der Waals surface area contributed by atoms with E-state index >= 15 is 0 Å². The first-order valence-electron chi connectivity index (χ1n) is 5.19. The molecule has 3 rings (SSSR count). The lowest BCUT2D eigenvalue weighted by Gasteiger charge is -1.97. The number of rotatable bonds is 2. The molecule has 2 aromatic heterocycles. The summed E-state index contributed by atoms with van der Waals surface area (Å²) in [6.07, 6.45) is 3.39. The minimum absolute atomic E-state index is 0.809. The number of benzene rings is 1. The lowest BCUT2D eigenvalue weighted by molar-refractivity contribution is 0.215. The molecule has 0 saturated carbocycles. The predicted octanol–water partition coefficient (Wildman–Crippen LogP) is 3.59. The molecule has 18 heavy (non-hydrogen) atoms. The Hall–Kier alpha value is -1.53. The summed E-state index contributed by atoms with van der Waals surface area (Å²) in [7, 11) is 1.51. The van der Waals surface area contributed by atoms with E-state index in [-0.39, 0.29) is 0 Å². The topological polar surface area (TPSA) is 47.4 Å². The van der Waals surface area contributed by atoms with Crippen LogP contribution < -0.4 is 0 Å². The van der Waals surface area contributed by atoms with E-state index in [4.69, 9.17) is 0 Å². The monoisotopic (exact) mass is 321 g/mol. The van der Waals surface area contributed by atoms with Gasteiger partial charge in [-0.2, -0.15) is 0 Å². The highest BCUT2D eigenvalue weighted by molar-refractivity contribution is 9.10. The molecule has 1 aromatic carbocycles. The fraction of sp³-hybridized carbons (Fsp3) is 0.0833. The minimum atomic E-state index is 0.809. The smallest absolute Gasteiger partial charge is 0.139 e. The van der Waals surface area contributed by atoms with E-state index < -0.39 is 0 Å². The summed E-state index contributed by atoms with van der Waals surface area (Å²) in [5, 5.41) is 5.64. The molecule has 0 N–H and O–H groups in total. The highest BCUT2D eigenvalue weighted by Crippen LogP contribution is 2.29. The molecule has 0 atom stereocenters. The van der Waals surface area contributed by atoms with Crippen LogP contribution in [0.15, 0.2) is 34.0 Å². The highest BCUT2D eigenvalue weighted by atomic mass is 79.9. The van der Waals surface area contributed by atoms with Crippen molar-refractivity contribution in [1.29, 1.82) is 0 Å². The lowest BCUT2D eigenvalue weighted by Crippen LogP contribution is -1.80. The molecular formula is C12H8BrN3OS. The first-order chi connectivity index (χ1) is 8.78. The van der Waals surface area contributed by atoms with E-state index in [1.807, 2.05) is 18.2 Å². The zero-order valence-electron chi connectivity index (χ0n) is 9.42. The Kier molecular flexibility index (Phi) is 2.97. The Labute approximate surface area is 115 Å². The number of thiazole rings is 1. The summed E-state index contributed by atoms with van der Waals surface area (Å²) in [5.74, 6) is 0. The number of oxime groups is 1. The standard InChI is InChI=1S/C12H8BrN3OS/c1-17-15-6-11-16-10-5-14-9-4-7(13)2-3-8(9)12(10)18-11/h2-6H,1H3. The molecule has 0 radical (unpaired) electrons. The molecule has 6 heteroatoms. The summed E-state index contributed by atoms with van der Waals surface area (Å²) in [4.78, 5) is 13.5. The predicted molar refractivity (Wildman–Crippen MR) is 77.2 cm³/mol. The Morgan fingerprint density at radius 2 is 2.28 bits per heavy atom. The van der Waals surface area contributed by atoms with Gasteiger partial charge in [-0.3, -0.25) is 4.98 Å². The van der Waals surface area contributed by atoms with Crippen molar-refractivity contribution in [3.8, 4) is 0 Å². The van der Waals surface area contributed by atoms with Gasteiger partial charge in [0.15, 0.2) is 0 Å². The average molecular weight is 322 g/mol. The highest BCUT2D eigenvalue weighted by Gasteiger charge is 2.07. The molecule has 0 amide bonds. The molecule has 0 bridgehead atoms. The quantitative estimate of drug-likeness (QED) is 0.535. The molecule has 2 heterocycles. The SMILES string of the molecule is CON=Cc1nc2cnc3cc(Br)ccc3c2s1. The number of nitrogens with zero attached hydrogens (tertiary/aromatic N) is 3. The zero-order valence-corrected chi connectivity index (χ0v) is 11.8. The van der Waals surface area contributed by atoms with Crippen LogP contribution in [0.3, 0.4) is 0 Å². The van der Waals surface area contributed by atoms with Crippen molar-refractivity contribution in [2.75, 3.05) is 7.11 Å². The largest absolute Gasteiger partial charge is 0.399 e. The Balaban J connectivity index is 2.26. The van der Waals surface area contributed by atoms with Crippen LogP contribution >= 0.6 is 27.3 Å². The van der Waals surface area contributed by atoms with Crippen LogP contribution in [0.2, 0.25) is 0 Å². The molecule has 0 fully saturated rings. The van der Waals surface area contributed by atoms with Crippen molar-refractivity contribution in [2.24, 2.45) is 5.16 Å². The van der Waals surface area contributed by atoms with Crippen molar-refractivity contribution < 1.29 is 4.84 Å². The van der Waals surface area contributed by atoms with E-state index in [0.717, 1.165) is 30.6 Å². The summed E-state index contributed by atoms with van der Waals surface area (Å²) in [6.45, 7) is 0. The molecular weight excluding hydrogens is 314 g/mol. The Bertz CT molecular complexity index is 753. The van der Waals surface area contributed by atoms with Gasteiger partial charge in [0.2, 0.25) is 0 Å². The fourth-order valence-corrected chi connectivity index (χ4v) is 3.00. The number of hydrogen-bond acceptors (Lipinski definition) is 5. The van der Waals surface area contributed by atoms with Gasteiger partial charge in [-0.15, -0.1) is 11.3 Å².